The molecule has 1 heterocycles. The van der Waals surface area contributed by atoms with E-state index in [1.807, 2.05) is 0 Å². The maximum absolute atomic E-state index is 12.4. The zero-order chi connectivity index (χ0) is 16.9. The van der Waals surface area contributed by atoms with E-state index in [0.29, 0.717) is 13.0 Å². The topological polar surface area (TPSA) is 32.3 Å². The van der Waals surface area contributed by atoms with E-state index < -0.39 is 0 Å². The van der Waals surface area contributed by atoms with Crippen LogP contribution >= 0.6 is 11.3 Å². The molecular weight excluding hydrogens is 316 g/mol. The number of fused-ring (bicyclic) bond motifs is 1. The number of hydrogen-bond acceptors (Lipinski definition) is 3. The highest BCUT2D eigenvalue weighted by molar-refractivity contribution is 7.07. The number of amides is 1. The SMILES string of the molecule is CN(C)[C@H](CNC(=O)Cc1ccc2c(c1)CCCC2)c1ccsc1. The van der Waals surface area contributed by atoms with Gasteiger partial charge in [0.15, 0.2) is 0 Å². The zero-order valence-corrected chi connectivity index (χ0v) is 15.4. The standard InChI is InChI=1S/C20H26N2OS/c1-22(2)19(18-9-10-24-14-18)13-21-20(23)12-15-7-8-16-5-3-4-6-17(16)11-15/h7-11,14,19H,3-6,12-13H2,1-2H3,(H,21,23)/t19-/m1/s1. The summed E-state index contributed by atoms with van der Waals surface area (Å²) in [6, 6.07) is 8.92. The Hall–Kier alpha value is -1.65. The fourth-order valence-electron chi connectivity index (χ4n) is 3.42. The predicted octanol–water partition coefficient (Wildman–Crippen LogP) is 3.59. The number of benzene rings is 1. The second kappa shape index (κ2) is 7.95. The maximum atomic E-state index is 12.4. The van der Waals surface area contributed by atoms with E-state index in [1.165, 1.54) is 36.0 Å². The van der Waals surface area contributed by atoms with Gasteiger partial charge in [-0.2, -0.15) is 11.3 Å². The lowest BCUT2D eigenvalue weighted by atomic mass is 9.90. The van der Waals surface area contributed by atoms with Crippen molar-refractivity contribution in [2.45, 2.75) is 38.1 Å². The Kier molecular flexibility index (Phi) is 5.69. The molecule has 0 saturated carbocycles. The highest BCUT2D eigenvalue weighted by Crippen LogP contribution is 2.23. The largest absolute Gasteiger partial charge is 0.354 e. The number of carbonyl (C=O) groups excluding carboxylic acids is 1. The van der Waals surface area contributed by atoms with Crippen LogP contribution in [0.15, 0.2) is 35.0 Å². The van der Waals surface area contributed by atoms with E-state index in [9.17, 15) is 4.79 Å². The molecule has 24 heavy (non-hydrogen) atoms. The molecule has 0 unspecified atom stereocenters. The number of aryl methyl sites for hydroxylation is 2. The molecule has 2 aromatic rings. The fraction of sp³-hybridized carbons (Fsp3) is 0.450. The number of carbonyl (C=O) groups is 1. The average molecular weight is 343 g/mol. The molecule has 1 aromatic carbocycles. The Morgan fingerprint density at radius 3 is 2.71 bits per heavy atom. The summed E-state index contributed by atoms with van der Waals surface area (Å²) >= 11 is 1.70. The van der Waals surface area contributed by atoms with Crippen LogP contribution in [0.1, 0.15) is 41.1 Å². The van der Waals surface area contributed by atoms with Gasteiger partial charge in [-0.1, -0.05) is 18.2 Å². The second-order valence-electron chi connectivity index (χ2n) is 6.83. The monoisotopic (exact) mass is 342 g/mol. The minimum absolute atomic E-state index is 0.104. The zero-order valence-electron chi connectivity index (χ0n) is 14.5. The molecule has 0 spiro atoms. The Balaban J connectivity index is 1.57. The van der Waals surface area contributed by atoms with E-state index in [4.69, 9.17) is 0 Å². The molecule has 1 aliphatic carbocycles. The average Bonchev–Trinajstić information content (AvgIpc) is 3.09. The van der Waals surface area contributed by atoms with Gasteiger partial charge < -0.3 is 10.2 Å². The van der Waals surface area contributed by atoms with Crippen molar-refractivity contribution in [1.29, 1.82) is 0 Å². The Morgan fingerprint density at radius 2 is 2.00 bits per heavy atom. The van der Waals surface area contributed by atoms with Gasteiger partial charge in [0, 0.05) is 6.54 Å². The van der Waals surface area contributed by atoms with Crippen molar-refractivity contribution in [3.63, 3.8) is 0 Å². The summed E-state index contributed by atoms with van der Waals surface area (Å²) in [6.07, 6.45) is 5.38. The number of likely N-dealkylation sites (N-methyl/N-ethyl adjacent to an activating group) is 1. The van der Waals surface area contributed by atoms with Crippen LogP contribution in [0.5, 0.6) is 0 Å². The van der Waals surface area contributed by atoms with E-state index >= 15 is 0 Å². The third-order valence-electron chi connectivity index (χ3n) is 4.82. The van der Waals surface area contributed by atoms with Crippen molar-refractivity contribution >= 4 is 17.2 Å². The second-order valence-corrected chi connectivity index (χ2v) is 7.61. The van der Waals surface area contributed by atoms with Crippen molar-refractivity contribution in [3.8, 4) is 0 Å². The summed E-state index contributed by atoms with van der Waals surface area (Å²) in [5.74, 6) is 0.104. The highest BCUT2D eigenvalue weighted by atomic mass is 32.1. The summed E-state index contributed by atoms with van der Waals surface area (Å²) in [5, 5.41) is 7.34. The van der Waals surface area contributed by atoms with E-state index in [-0.39, 0.29) is 11.9 Å². The molecule has 1 atom stereocenters. The van der Waals surface area contributed by atoms with Gasteiger partial charge in [-0.05, 0) is 78.9 Å². The summed E-state index contributed by atoms with van der Waals surface area (Å²) < 4.78 is 0. The summed E-state index contributed by atoms with van der Waals surface area (Å²) in [4.78, 5) is 14.5. The molecule has 0 radical (unpaired) electrons. The Bertz CT molecular complexity index is 679. The first kappa shape index (κ1) is 17.2. The van der Waals surface area contributed by atoms with Crippen molar-refractivity contribution < 1.29 is 4.79 Å². The van der Waals surface area contributed by atoms with Crippen molar-refractivity contribution in [3.05, 3.63) is 57.3 Å². The third-order valence-corrected chi connectivity index (χ3v) is 5.52. The van der Waals surface area contributed by atoms with E-state index in [2.05, 4.69) is 59.3 Å². The van der Waals surface area contributed by atoms with Crippen molar-refractivity contribution in [2.24, 2.45) is 0 Å². The van der Waals surface area contributed by atoms with Crippen LogP contribution in [0.2, 0.25) is 0 Å². The highest BCUT2D eigenvalue weighted by Gasteiger charge is 2.16. The molecule has 0 bridgehead atoms. The molecule has 3 nitrogen and oxygen atoms in total. The molecule has 0 saturated heterocycles. The first-order valence-electron chi connectivity index (χ1n) is 8.69. The third kappa shape index (κ3) is 4.25. The van der Waals surface area contributed by atoms with Gasteiger partial charge in [0.25, 0.3) is 0 Å². The molecule has 1 amide bonds. The molecule has 128 valence electrons. The summed E-state index contributed by atoms with van der Waals surface area (Å²) in [6.45, 7) is 0.646. The molecule has 3 rings (SSSR count). The predicted molar refractivity (Wildman–Crippen MR) is 101 cm³/mol. The molecule has 1 aromatic heterocycles. The van der Waals surface area contributed by atoms with Crippen LogP contribution in [-0.4, -0.2) is 31.4 Å². The molecule has 0 aliphatic heterocycles. The van der Waals surface area contributed by atoms with Crippen molar-refractivity contribution in [2.75, 3.05) is 20.6 Å². The number of rotatable bonds is 6. The lowest BCUT2D eigenvalue weighted by molar-refractivity contribution is -0.120. The van der Waals surface area contributed by atoms with Gasteiger partial charge in [-0.15, -0.1) is 0 Å². The van der Waals surface area contributed by atoms with Crippen LogP contribution in [0.25, 0.3) is 0 Å². The molecule has 1 N–H and O–H groups in total. The minimum Gasteiger partial charge on any atom is -0.354 e. The number of nitrogens with one attached hydrogen (secondary N) is 1. The van der Waals surface area contributed by atoms with Crippen LogP contribution in [0.4, 0.5) is 0 Å². The number of hydrogen-bond donors (Lipinski definition) is 1. The number of nitrogens with zero attached hydrogens (tertiary/aromatic N) is 1. The van der Waals surface area contributed by atoms with Gasteiger partial charge >= 0.3 is 0 Å². The maximum Gasteiger partial charge on any atom is 0.224 e. The summed E-state index contributed by atoms with van der Waals surface area (Å²) in [5.41, 5.74) is 5.30. The Morgan fingerprint density at radius 1 is 1.21 bits per heavy atom. The summed E-state index contributed by atoms with van der Waals surface area (Å²) in [7, 11) is 4.11. The lowest BCUT2D eigenvalue weighted by Gasteiger charge is -2.24. The first-order chi connectivity index (χ1) is 11.6. The quantitative estimate of drug-likeness (QED) is 0.870. The molecule has 0 fully saturated rings. The van der Waals surface area contributed by atoms with Gasteiger partial charge in [-0.25, -0.2) is 0 Å². The van der Waals surface area contributed by atoms with Crippen LogP contribution in [0.3, 0.4) is 0 Å². The fourth-order valence-corrected chi connectivity index (χ4v) is 4.13. The normalized spacial score (nSPS) is 15.1. The van der Waals surface area contributed by atoms with Gasteiger partial charge in [0.05, 0.1) is 12.5 Å². The van der Waals surface area contributed by atoms with Crippen LogP contribution < -0.4 is 5.32 Å². The van der Waals surface area contributed by atoms with Gasteiger partial charge in [-0.3, -0.25) is 4.79 Å². The number of thiophene rings is 1. The minimum atomic E-state index is 0.104. The van der Waals surface area contributed by atoms with Gasteiger partial charge in [0.1, 0.15) is 0 Å². The Labute approximate surface area is 148 Å². The molecular formula is C20H26N2OS. The van der Waals surface area contributed by atoms with Crippen molar-refractivity contribution in [1.82, 2.24) is 10.2 Å². The molecule has 1 aliphatic rings. The van der Waals surface area contributed by atoms with Gasteiger partial charge in [0.2, 0.25) is 5.91 Å². The first-order valence-corrected chi connectivity index (χ1v) is 9.63. The van der Waals surface area contributed by atoms with Crippen LogP contribution in [-0.2, 0) is 24.1 Å². The lowest BCUT2D eigenvalue weighted by Crippen LogP contribution is -2.35. The van der Waals surface area contributed by atoms with E-state index in [0.717, 1.165) is 12.0 Å². The van der Waals surface area contributed by atoms with Crippen LogP contribution in [0, 0.1) is 0 Å². The van der Waals surface area contributed by atoms with E-state index in [1.54, 1.807) is 11.3 Å². The molecule has 4 heteroatoms. The smallest absolute Gasteiger partial charge is 0.224 e.